The topological polar surface area (TPSA) is 56.8 Å². The van der Waals surface area contributed by atoms with Gasteiger partial charge in [-0.05, 0) is 25.7 Å². The number of rotatable bonds is 0. The predicted molar refractivity (Wildman–Crippen MR) is 61.1 cm³/mol. The Bertz CT molecular complexity index is 379. The van der Waals surface area contributed by atoms with E-state index in [9.17, 15) is 4.79 Å². The molecule has 0 bridgehead atoms. The molecule has 1 N–H and O–H groups in total. The Morgan fingerprint density at radius 1 is 1.11 bits per heavy atom. The third-order valence-corrected chi connectivity index (χ3v) is 4.88. The fourth-order valence-corrected chi connectivity index (χ4v) is 3.96. The van der Waals surface area contributed by atoms with E-state index in [0.717, 1.165) is 44.9 Å². The summed E-state index contributed by atoms with van der Waals surface area (Å²) < 4.78 is 11.7. The summed E-state index contributed by atoms with van der Waals surface area (Å²) >= 11 is 0. The van der Waals surface area contributed by atoms with Crippen LogP contribution in [0.25, 0.3) is 0 Å². The average Bonchev–Trinajstić information content (AvgIpc) is 3.00. The Balaban J connectivity index is 1.64. The number of hydrogen-bond donors (Lipinski definition) is 1. The lowest BCUT2D eigenvalue weighted by molar-refractivity contribution is -0.282. The van der Waals surface area contributed by atoms with Gasteiger partial charge in [-0.25, -0.2) is 4.79 Å². The van der Waals surface area contributed by atoms with Crippen LogP contribution in [0.5, 0.6) is 0 Å². The molecule has 2 aliphatic heterocycles. The summed E-state index contributed by atoms with van der Waals surface area (Å²) in [6.07, 6.45) is 8.08. The van der Waals surface area contributed by atoms with Gasteiger partial charge >= 0.3 is 5.97 Å². The number of carbonyl (C=O) groups excluding carboxylic acids is 1. The molecule has 5 nitrogen and oxygen atoms in total. The van der Waals surface area contributed by atoms with Crippen molar-refractivity contribution in [1.29, 1.82) is 0 Å². The number of hydrogen-bond acceptors (Lipinski definition) is 5. The maximum absolute atomic E-state index is 12.3. The van der Waals surface area contributed by atoms with Gasteiger partial charge in [0.25, 0.3) is 5.79 Å². The minimum absolute atomic E-state index is 0.117. The van der Waals surface area contributed by atoms with E-state index in [-0.39, 0.29) is 17.9 Å². The first-order valence-electron chi connectivity index (χ1n) is 7.11. The van der Waals surface area contributed by atoms with Gasteiger partial charge in [0.1, 0.15) is 0 Å². The molecule has 2 spiro atoms. The first kappa shape index (κ1) is 11.2. The van der Waals surface area contributed by atoms with E-state index in [4.69, 9.17) is 14.3 Å². The maximum Gasteiger partial charge on any atom is 0.371 e. The van der Waals surface area contributed by atoms with E-state index in [1.165, 1.54) is 6.42 Å². The highest BCUT2D eigenvalue weighted by molar-refractivity contribution is 5.81. The van der Waals surface area contributed by atoms with Gasteiger partial charge in [-0.15, -0.1) is 0 Å². The van der Waals surface area contributed by atoms with E-state index in [1.54, 1.807) is 0 Å². The summed E-state index contributed by atoms with van der Waals surface area (Å²) in [5, 5.41) is 0. The molecule has 5 heteroatoms. The monoisotopic (exact) mass is 253 g/mol. The molecule has 2 aliphatic carbocycles. The third kappa shape index (κ3) is 1.35. The summed E-state index contributed by atoms with van der Waals surface area (Å²) in [5.41, 5.74) is 2.98. The van der Waals surface area contributed by atoms with Crippen LogP contribution in [0.4, 0.5) is 0 Å². The van der Waals surface area contributed by atoms with Gasteiger partial charge < -0.3 is 4.74 Å². The molecule has 2 heterocycles. The zero-order chi connectivity index (χ0) is 12.2. The van der Waals surface area contributed by atoms with Crippen LogP contribution in [0, 0.1) is 5.92 Å². The molecular formula is C13H19NO4. The van der Waals surface area contributed by atoms with E-state index in [2.05, 4.69) is 5.48 Å². The minimum Gasteiger partial charge on any atom is -0.429 e. The molecule has 100 valence electrons. The van der Waals surface area contributed by atoms with E-state index in [1.807, 2.05) is 0 Å². The summed E-state index contributed by atoms with van der Waals surface area (Å²) in [7, 11) is 0. The molecule has 4 aliphatic rings. The molecule has 3 atom stereocenters. The molecule has 0 radical (unpaired) electrons. The van der Waals surface area contributed by atoms with Crippen molar-refractivity contribution >= 4 is 5.97 Å². The summed E-state index contributed by atoms with van der Waals surface area (Å²) in [5.74, 6) is -2.05. The smallest absolute Gasteiger partial charge is 0.371 e. The Morgan fingerprint density at radius 2 is 1.94 bits per heavy atom. The SMILES string of the molecule is O=C1OC2(CCCCC2)OC12ON[C@@H]1CCCC12. The van der Waals surface area contributed by atoms with Gasteiger partial charge in [-0.2, -0.15) is 5.48 Å². The molecule has 2 saturated heterocycles. The summed E-state index contributed by atoms with van der Waals surface area (Å²) in [6, 6.07) is 0.247. The van der Waals surface area contributed by atoms with Crippen molar-refractivity contribution in [1.82, 2.24) is 5.48 Å². The number of fused-ring (bicyclic) bond motifs is 2. The number of esters is 1. The highest BCUT2D eigenvalue weighted by Crippen LogP contribution is 2.51. The van der Waals surface area contributed by atoms with Crippen LogP contribution in [0.15, 0.2) is 0 Å². The fraction of sp³-hybridized carbons (Fsp3) is 0.923. The number of nitrogens with one attached hydrogen (secondary N) is 1. The van der Waals surface area contributed by atoms with Crippen LogP contribution in [0.2, 0.25) is 0 Å². The van der Waals surface area contributed by atoms with E-state index >= 15 is 0 Å². The van der Waals surface area contributed by atoms with Gasteiger partial charge in [-0.1, -0.05) is 12.8 Å². The normalized spacial score (nSPS) is 45.7. The lowest BCUT2D eigenvalue weighted by atomic mass is 9.93. The molecule has 4 rings (SSSR count). The lowest BCUT2D eigenvalue weighted by Gasteiger charge is -2.32. The molecular weight excluding hydrogens is 234 g/mol. The minimum atomic E-state index is -1.15. The van der Waals surface area contributed by atoms with Crippen LogP contribution in [-0.2, 0) is 19.1 Å². The molecule has 2 unspecified atom stereocenters. The van der Waals surface area contributed by atoms with Gasteiger partial charge in [0.05, 0.1) is 0 Å². The molecule has 2 saturated carbocycles. The lowest BCUT2D eigenvalue weighted by Crippen LogP contribution is -2.44. The highest BCUT2D eigenvalue weighted by Gasteiger charge is 2.68. The largest absolute Gasteiger partial charge is 0.429 e. The Hall–Kier alpha value is -0.650. The van der Waals surface area contributed by atoms with E-state index < -0.39 is 11.6 Å². The zero-order valence-corrected chi connectivity index (χ0v) is 10.4. The Labute approximate surface area is 106 Å². The summed E-state index contributed by atoms with van der Waals surface area (Å²) in [6.45, 7) is 0. The van der Waals surface area contributed by atoms with Crippen LogP contribution >= 0.6 is 0 Å². The molecule has 18 heavy (non-hydrogen) atoms. The average molecular weight is 253 g/mol. The summed E-state index contributed by atoms with van der Waals surface area (Å²) in [4.78, 5) is 17.9. The third-order valence-electron chi connectivity index (χ3n) is 4.88. The Kier molecular flexibility index (Phi) is 2.29. The van der Waals surface area contributed by atoms with Gasteiger partial charge in [-0.3, -0.25) is 9.57 Å². The van der Waals surface area contributed by atoms with Crippen molar-refractivity contribution in [2.24, 2.45) is 5.92 Å². The molecule has 0 amide bonds. The van der Waals surface area contributed by atoms with Crippen LogP contribution in [-0.4, -0.2) is 23.6 Å². The second-order valence-corrected chi connectivity index (χ2v) is 5.99. The number of hydroxylamine groups is 1. The second-order valence-electron chi connectivity index (χ2n) is 5.99. The molecule has 0 aromatic heterocycles. The molecule has 4 fully saturated rings. The van der Waals surface area contributed by atoms with Crippen LogP contribution in [0.1, 0.15) is 51.4 Å². The van der Waals surface area contributed by atoms with Crippen LogP contribution < -0.4 is 5.48 Å². The highest BCUT2D eigenvalue weighted by atomic mass is 16.9. The first-order chi connectivity index (χ1) is 8.74. The maximum atomic E-state index is 12.3. The molecule has 0 aromatic rings. The van der Waals surface area contributed by atoms with Crippen molar-refractivity contribution in [3.05, 3.63) is 0 Å². The number of ether oxygens (including phenoxy) is 2. The van der Waals surface area contributed by atoms with Crippen molar-refractivity contribution in [3.63, 3.8) is 0 Å². The van der Waals surface area contributed by atoms with Crippen molar-refractivity contribution in [3.8, 4) is 0 Å². The van der Waals surface area contributed by atoms with Crippen LogP contribution in [0.3, 0.4) is 0 Å². The fourth-order valence-electron chi connectivity index (χ4n) is 3.96. The first-order valence-corrected chi connectivity index (χ1v) is 7.11. The van der Waals surface area contributed by atoms with Crippen molar-refractivity contribution in [2.45, 2.75) is 69.0 Å². The second kappa shape index (κ2) is 3.68. The van der Waals surface area contributed by atoms with Gasteiger partial charge in [0.15, 0.2) is 0 Å². The molecule has 0 aromatic carbocycles. The van der Waals surface area contributed by atoms with Gasteiger partial charge in [0.2, 0.25) is 5.79 Å². The van der Waals surface area contributed by atoms with Gasteiger partial charge in [0, 0.05) is 24.8 Å². The van der Waals surface area contributed by atoms with Crippen molar-refractivity contribution < 1.29 is 19.1 Å². The Morgan fingerprint density at radius 3 is 2.78 bits per heavy atom. The standard InChI is InChI=1S/C13H19NO4/c15-11-13(9-5-4-6-10(9)14-18-13)17-12(16-11)7-2-1-3-8-12/h9-10,14H,1-8H2/t9?,10-,13?/m1/s1. The quantitative estimate of drug-likeness (QED) is 0.665. The number of carbonyl (C=O) groups is 1. The predicted octanol–water partition coefficient (Wildman–Crippen LogP) is 1.62. The van der Waals surface area contributed by atoms with E-state index in [0.29, 0.717) is 0 Å². The van der Waals surface area contributed by atoms with Crippen molar-refractivity contribution in [2.75, 3.05) is 0 Å². The zero-order valence-electron chi connectivity index (χ0n) is 10.4.